The van der Waals surface area contributed by atoms with E-state index in [2.05, 4.69) is 19.2 Å². The van der Waals surface area contributed by atoms with Crippen molar-refractivity contribution in [3.05, 3.63) is 125 Å². The highest BCUT2D eigenvalue weighted by atomic mass is 16.5. The number of para-hydroxylation sites is 1. The van der Waals surface area contributed by atoms with Crippen LogP contribution in [0.3, 0.4) is 0 Å². The topological polar surface area (TPSA) is 111 Å². The van der Waals surface area contributed by atoms with Crippen molar-refractivity contribution >= 4 is 35.2 Å². The maximum absolute atomic E-state index is 13.4. The van der Waals surface area contributed by atoms with Gasteiger partial charge in [-0.1, -0.05) is 68.4 Å². The zero-order valence-electron chi connectivity index (χ0n) is 27.6. The molecule has 1 amide bonds. The maximum atomic E-state index is 13.4. The molecule has 1 heterocycles. The number of carbonyl (C=O) groups is 3. The number of amides is 1. The maximum Gasteiger partial charge on any atom is 0.343 e. The second-order valence-electron chi connectivity index (χ2n) is 12.3. The molecule has 3 N–H and O–H groups in total. The van der Waals surface area contributed by atoms with E-state index in [9.17, 15) is 14.4 Å². The molecule has 0 bridgehead atoms. The van der Waals surface area contributed by atoms with Crippen molar-refractivity contribution in [2.45, 2.75) is 52.5 Å². The minimum atomic E-state index is -0.427. The smallest absolute Gasteiger partial charge is 0.343 e. The summed E-state index contributed by atoms with van der Waals surface area (Å²) < 4.78 is 11.5. The van der Waals surface area contributed by atoms with E-state index in [1.807, 2.05) is 72.8 Å². The number of esters is 1. The molecule has 0 spiro atoms. The zero-order valence-corrected chi connectivity index (χ0v) is 27.6. The number of rotatable bonds is 14. The van der Waals surface area contributed by atoms with E-state index in [0.29, 0.717) is 74.1 Å². The molecule has 0 radical (unpaired) electrons. The Hall–Kier alpha value is -5.37. The highest BCUT2D eigenvalue weighted by molar-refractivity contribution is 6.01. The van der Waals surface area contributed by atoms with Gasteiger partial charge in [0.25, 0.3) is 0 Å². The van der Waals surface area contributed by atoms with Crippen molar-refractivity contribution in [1.82, 2.24) is 5.32 Å². The van der Waals surface area contributed by atoms with Gasteiger partial charge >= 0.3 is 5.97 Å². The summed E-state index contributed by atoms with van der Waals surface area (Å²) in [5.74, 6) is 1.26. The molecule has 48 heavy (non-hydrogen) atoms. The van der Waals surface area contributed by atoms with Crippen LogP contribution < -0.4 is 25.4 Å². The van der Waals surface area contributed by atoms with Gasteiger partial charge in [0, 0.05) is 30.5 Å². The number of ether oxygens (including phenoxy) is 2. The summed E-state index contributed by atoms with van der Waals surface area (Å²) >= 11 is 0. The van der Waals surface area contributed by atoms with E-state index in [-0.39, 0.29) is 5.91 Å². The Labute approximate surface area is 282 Å². The normalized spacial score (nSPS) is 13.9. The number of carbonyl (C=O) groups excluding carboxylic acids is 3. The highest BCUT2D eigenvalue weighted by Gasteiger charge is 2.25. The largest absolute Gasteiger partial charge is 0.492 e. The number of nitrogens with zero attached hydrogens (tertiary/aromatic N) is 1. The molecule has 4 aromatic rings. The fraction of sp³-hybridized carbons (Fsp3) is 0.275. The van der Waals surface area contributed by atoms with Crippen LogP contribution in [-0.4, -0.2) is 31.3 Å². The number of aldehydes is 1. The van der Waals surface area contributed by atoms with Crippen LogP contribution >= 0.6 is 0 Å². The van der Waals surface area contributed by atoms with Crippen molar-refractivity contribution in [2.75, 3.05) is 18.1 Å². The average Bonchev–Trinajstić information content (AvgIpc) is 3.09. The SMILES string of the molecule is CC(C)Cc1ccc(OC(=O)c2ccc(OCCN/C3=C(\N)c4ccccc4N(C(=O)CCCCC=O)Cc4ccccc43)cc2)cc1. The summed E-state index contributed by atoms with van der Waals surface area (Å²) in [6, 6.07) is 30.1. The molecule has 0 atom stereocenters. The fourth-order valence-electron chi connectivity index (χ4n) is 5.79. The van der Waals surface area contributed by atoms with E-state index in [1.165, 1.54) is 5.56 Å². The quantitative estimate of drug-likeness (QED) is 0.0648. The number of hydrogen-bond acceptors (Lipinski definition) is 7. The van der Waals surface area contributed by atoms with Crippen LogP contribution in [0, 0.1) is 5.92 Å². The van der Waals surface area contributed by atoms with Crippen molar-refractivity contribution in [3.63, 3.8) is 0 Å². The predicted octanol–water partition coefficient (Wildman–Crippen LogP) is 7.16. The van der Waals surface area contributed by atoms with Crippen molar-refractivity contribution in [3.8, 4) is 11.5 Å². The average molecular weight is 646 g/mol. The van der Waals surface area contributed by atoms with E-state index < -0.39 is 5.97 Å². The molecule has 0 saturated heterocycles. The second kappa shape index (κ2) is 16.5. The zero-order chi connectivity index (χ0) is 33.9. The van der Waals surface area contributed by atoms with Gasteiger partial charge in [0.05, 0.1) is 29.2 Å². The molecular formula is C40H43N3O5. The lowest BCUT2D eigenvalue weighted by Gasteiger charge is -2.30. The van der Waals surface area contributed by atoms with Crippen LogP contribution in [-0.2, 0) is 22.6 Å². The van der Waals surface area contributed by atoms with Gasteiger partial charge in [0.1, 0.15) is 24.4 Å². The van der Waals surface area contributed by atoms with E-state index >= 15 is 0 Å². The molecule has 8 nitrogen and oxygen atoms in total. The molecule has 1 aliphatic rings. The number of nitrogens with two attached hydrogens (primary N) is 1. The molecule has 8 heteroatoms. The molecule has 0 unspecified atom stereocenters. The highest BCUT2D eigenvalue weighted by Crippen LogP contribution is 2.35. The molecule has 0 saturated carbocycles. The van der Waals surface area contributed by atoms with Crippen LogP contribution in [0.4, 0.5) is 5.69 Å². The summed E-state index contributed by atoms with van der Waals surface area (Å²) in [6.07, 6.45) is 4.00. The Morgan fingerprint density at radius 1 is 0.875 bits per heavy atom. The Morgan fingerprint density at radius 2 is 1.56 bits per heavy atom. The van der Waals surface area contributed by atoms with Gasteiger partial charge in [-0.2, -0.15) is 0 Å². The third-order valence-electron chi connectivity index (χ3n) is 8.17. The molecule has 5 rings (SSSR count). The standard InChI is InChI=1S/C40H43N3O5/c1-28(2)26-29-15-19-33(20-16-29)48-40(46)30-17-21-32(22-18-30)47-25-23-42-39-34-11-6-5-10-31(34)27-43(37(45)14-4-3-9-24-44)36-13-8-7-12-35(36)38(39)41/h5-8,10-13,15-22,24,28,42H,3-4,9,14,23,25-27,41H2,1-2H3/b39-38-. The summed E-state index contributed by atoms with van der Waals surface area (Å²) in [7, 11) is 0. The minimum Gasteiger partial charge on any atom is -0.492 e. The number of anilines is 1. The lowest BCUT2D eigenvalue weighted by molar-refractivity contribution is -0.119. The lowest BCUT2D eigenvalue weighted by Crippen LogP contribution is -2.34. The van der Waals surface area contributed by atoms with Crippen LogP contribution in [0.1, 0.15) is 72.1 Å². The Balaban J connectivity index is 1.23. The monoisotopic (exact) mass is 645 g/mol. The van der Waals surface area contributed by atoms with Gasteiger partial charge in [-0.3, -0.25) is 4.79 Å². The lowest BCUT2D eigenvalue weighted by atomic mass is 9.95. The van der Waals surface area contributed by atoms with Crippen molar-refractivity contribution < 1.29 is 23.9 Å². The minimum absolute atomic E-state index is 0.00389. The van der Waals surface area contributed by atoms with Gasteiger partial charge in [-0.25, -0.2) is 4.79 Å². The van der Waals surface area contributed by atoms with Gasteiger partial charge < -0.3 is 30.2 Å². The molecule has 248 valence electrons. The fourth-order valence-corrected chi connectivity index (χ4v) is 5.79. The molecule has 1 aliphatic heterocycles. The number of unbranched alkanes of at least 4 members (excludes halogenated alkanes) is 2. The van der Waals surface area contributed by atoms with Gasteiger partial charge in [0.15, 0.2) is 0 Å². The van der Waals surface area contributed by atoms with Gasteiger partial charge in [0.2, 0.25) is 5.91 Å². The predicted molar refractivity (Wildman–Crippen MR) is 189 cm³/mol. The van der Waals surface area contributed by atoms with Crippen LogP contribution in [0.25, 0.3) is 11.4 Å². The third-order valence-corrected chi connectivity index (χ3v) is 8.17. The molecule has 0 fully saturated rings. The Morgan fingerprint density at radius 3 is 2.29 bits per heavy atom. The Kier molecular flexibility index (Phi) is 11.6. The summed E-state index contributed by atoms with van der Waals surface area (Å²) in [4.78, 5) is 38.7. The van der Waals surface area contributed by atoms with Crippen LogP contribution in [0.15, 0.2) is 97.1 Å². The van der Waals surface area contributed by atoms with Crippen LogP contribution in [0.5, 0.6) is 11.5 Å². The summed E-state index contributed by atoms with van der Waals surface area (Å²) in [5, 5.41) is 3.49. The van der Waals surface area contributed by atoms with Crippen molar-refractivity contribution in [1.29, 1.82) is 0 Å². The van der Waals surface area contributed by atoms with E-state index in [4.69, 9.17) is 15.2 Å². The first-order valence-electron chi connectivity index (χ1n) is 16.5. The summed E-state index contributed by atoms with van der Waals surface area (Å²) in [5.41, 5.74) is 13.2. The third kappa shape index (κ3) is 8.70. The first-order chi connectivity index (χ1) is 23.3. The molecule has 0 aromatic heterocycles. The molecule has 4 aromatic carbocycles. The number of benzene rings is 4. The van der Waals surface area contributed by atoms with E-state index in [0.717, 1.165) is 40.8 Å². The van der Waals surface area contributed by atoms with Crippen molar-refractivity contribution in [2.24, 2.45) is 11.7 Å². The van der Waals surface area contributed by atoms with Gasteiger partial charge in [-0.15, -0.1) is 0 Å². The number of hydrogen-bond donors (Lipinski definition) is 2. The molecule has 0 aliphatic carbocycles. The summed E-state index contributed by atoms with van der Waals surface area (Å²) in [6.45, 7) is 5.54. The Bertz CT molecular complexity index is 1750. The first kappa shape index (κ1) is 34.0. The van der Waals surface area contributed by atoms with E-state index in [1.54, 1.807) is 29.2 Å². The first-order valence-corrected chi connectivity index (χ1v) is 16.5. The second-order valence-corrected chi connectivity index (χ2v) is 12.3. The molecular weight excluding hydrogens is 602 g/mol. The van der Waals surface area contributed by atoms with Gasteiger partial charge in [-0.05, 0) is 78.8 Å². The number of nitrogens with one attached hydrogen (secondary N) is 1. The number of fused-ring (bicyclic) bond motifs is 2. The van der Waals surface area contributed by atoms with Crippen LogP contribution in [0.2, 0.25) is 0 Å².